The van der Waals surface area contributed by atoms with Crippen LogP contribution in [0.4, 0.5) is 23.2 Å². The Hall–Kier alpha value is -5.61. The van der Waals surface area contributed by atoms with Crippen LogP contribution >= 0.6 is 0 Å². The minimum atomic E-state index is -5.05. The van der Waals surface area contributed by atoms with Crippen LogP contribution in [0.3, 0.4) is 0 Å². The number of primary amides is 1. The van der Waals surface area contributed by atoms with Crippen molar-refractivity contribution in [2.75, 3.05) is 19.0 Å². The zero-order chi connectivity index (χ0) is 36.4. The Morgan fingerprint density at radius 2 is 1.76 bits per heavy atom. The topological polar surface area (TPSA) is 132 Å². The van der Waals surface area contributed by atoms with Gasteiger partial charge in [0.05, 0.1) is 30.9 Å². The highest BCUT2D eigenvalue weighted by Crippen LogP contribution is 2.44. The molecule has 13 heteroatoms. The molecular formula is C37H35F4N5O4. The lowest BCUT2D eigenvalue weighted by atomic mass is 9.74. The van der Waals surface area contributed by atoms with Gasteiger partial charge in [-0.15, -0.1) is 0 Å². The first-order valence-corrected chi connectivity index (χ1v) is 15.5. The molecule has 0 bridgehead atoms. The molecule has 4 aromatic carbocycles. The number of nitrogens with zero attached hydrogens (tertiary/aromatic N) is 2. The number of aromatic nitrogens is 2. The van der Waals surface area contributed by atoms with E-state index in [1.807, 2.05) is 0 Å². The van der Waals surface area contributed by atoms with Crippen LogP contribution < -0.4 is 21.1 Å². The fourth-order valence-electron chi connectivity index (χ4n) is 5.95. The molecule has 2 amide bonds. The zero-order valence-corrected chi connectivity index (χ0v) is 27.7. The molecule has 5 N–H and O–H groups in total. The first-order valence-electron chi connectivity index (χ1n) is 15.5. The second-order valence-electron chi connectivity index (χ2n) is 12.7. The molecule has 0 aliphatic carbocycles. The molecule has 9 nitrogen and oxygen atoms in total. The predicted molar refractivity (Wildman–Crippen MR) is 179 cm³/mol. The number of carbonyl (C=O) groups excluding carboxylic acids is 2. The summed E-state index contributed by atoms with van der Waals surface area (Å²) in [6.07, 6.45) is -4.40. The second kappa shape index (κ2) is 13.7. The first-order chi connectivity index (χ1) is 23.5. The van der Waals surface area contributed by atoms with Crippen LogP contribution in [0.25, 0.3) is 16.6 Å². The van der Waals surface area contributed by atoms with Gasteiger partial charge in [0.1, 0.15) is 23.3 Å². The van der Waals surface area contributed by atoms with Gasteiger partial charge in [-0.05, 0) is 78.4 Å². The Balaban J connectivity index is 1.39. The molecule has 0 aliphatic rings. The summed E-state index contributed by atoms with van der Waals surface area (Å²) in [5.74, 6) is -1.79. The van der Waals surface area contributed by atoms with Crippen LogP contribution in [0.2, 0.25) is 0 Å². The van der Waals surface area contributed by atoms with Crippen molar-refractivity contribution in [2.24, 2.45) is 5.73 Å². The fraction of sp³-hybridized carbons (Fsp3) is 0.270. The third kappa shape index (κ3) is 7.35. The van der Waals surface area contributed by atoms with E-state index in [4.69, 9.17) is 10.5 Å². The Bertz CT molecular complexity index is 2010. The second-order valence-corrected chi connectivity index (χ2v) is 12.7. The van der Waals surface area contributed by atoms with Gasteiger partial charge < -0.3 is 26.2 Å². The molecule has 0 saturated carbocycles. The summed E-state index contributed by atoms with van der Waals surface area (Å²) in [4.78, 5) is 25.0. The molecule has 0 saturated heterocycles. The lowest BCUT2D eigenvalue weighted by molar-refractivity contribution is -0.260. The predicted octanol–water partition coefficient (Wildman–Crippen LogP) is 6.11. The van der Waals surface area contributed by atoms with E-state index in [0.29, 0.717) is 27.7 Å². The number of nitrogens with one attached hydrogen (secondary N) is 2. The Morgan fingerprint density at radius 1 is 1.04 bits per heavy atom. The molecule has 1 heterocycles. The number of methoxy groups -OCH3 is 1. The number of aryl methyl sites for hydroxylation is 1. The number of anilines is 1. The number of ether oxygens (including phenoxy) is 1. The normalized spacial score (nSPS) is 13.6. The number of halogens is 4. The molecule has 0 fully saturated rings. The van der Waals surface area contributed by atoms with Gasteiger partial charge in [0.25, 0.3) is 5.91 Å². The van der Waals surface area contributed by atoms with Crippen molar-refractivity contribution in [3.8, 4) is 11.4 Å². The number of nitrogens with two attached hydrogens (primary N) is 1. The van der Waals surface area contributed by atoms with Crippen LogP contribution in [0.1, 0.15) is 53.4 Å². The van der Waals surface area contributed by atoms with E-state index in [-0.39, 0.29) is 22.6 Å². The lowest BCUT2D eigenvalue weighted by Gasteiger charge is -2.38. The van der Waals surface area contributed by atoms with E-state index in [9.17, 15) is 32.3 Å². The van der Waals surface area contributed by atoms with Crippen molar-refractivity contribution in [3.05, 3.63) is 119 Å². The zero-order valence-electron chi connectivity index (χ0n) is 27.7. The SMILES string of the molecule is COc1ccc(F)cc1C(C)(C)CC(O)(CNc1cc(C)cc2c1cnn2-c1c#cc(C(=O)N[C@H](C(N)=O)c2ccccc2)cc1)C(F)(F)F. The van der Waals surface area contributed by atoms with Gasteiger partial charge in [0, 0.05) is 16.6 Å². The van der Waals surface area contributed by atoms with Crippen LogP contribution in [-0.4, -0.2) is 52.1 Å². The molecule has 1 unspecified atom stereocenters. The molecule has 0 spiro atoms. The molecule has 50 heavy (non-hydrogen) atoms. The van der Waals surface area contributed by atoms with Gasteiger partial charge in [0.2, 0.25) is 5.91 Å². The summed E-state index contributed by atoms with van der Waals surface area (Å²) < 4.78 is 64.6. The molecule has 0 aliphatic heterocycles. The summed E-state index contributed by atoms with van der Waals surface area (Å²) in [6, 6.07) is 23.1. The van der Waals surface area contributed by atoms with E-state index in [2.05, 4.69) is 27.9 Å². The number of carbonyl (C=O) groups is 2. The van der Waals surface area contributed by atoms with Gasteiger partial charge in [-0.2, -0.15) is 18.3 Å². The van der Waals surface area contributed by atoms with Crippen LogP contribution in [0.15, 0.2) is 79.0 Å². The maximum Gasteiger partial charge on any atom is 0.418 e. The van der Waals surface area contributed by atoms with E-state index >= 15 is 0 Å². The maximum absolute atomic E-state index is 14.5. The monoisotopic (exact) mass is 689 g/mol. The summed E-state index contributed by atoms with van der Waals surface area (Å²) in [7, 11) is 1.34. The molecule has 5 rings (SSSR count). The van der Waals surface area contributed by atoms with Gasteiger partial charge in [-0.3, -0.25) is 9.59 Å². The number of hydrogen-bond donors (Lipinski definition) is 4. The largest absolute Gasteiger partial charge is 0.496 e. The van der Waals surface area contributed by atoms with Crippen molar-refractivity contribution in [1.29, 1.82) is 0 Å². The smallest absolute Gasteiger partial charge is 0.418 e. The number of benzene rings is 3. The number of fused-ring (bicyclic) bond motifs is 1. The van der Waals surface area contributed by atoms with Crippen LogP contribution in [-0.2, 0) is 10.2 Å². The van der Waals surface area contributed by atoms with Crippen molar-refractivity contribution in [1.82, 2.24) is 15.1 Å². The summed E-state index contributed by atoms with van der Waals surface area (Å²) >= 11 is 0. The summed E-state index contributed by atoms with van der Waals surface area (Å²) in [5.41, 5.74) is 3.56. The average molecular weight is 690 g/mol. The highest BCUT2D eigenvalue weighted by atomic mass is 19.4. The molecular weight excluding hydrogens is 654 g/mol. The number of amides is 2. The number of alkyl halides is 3. The maximum atomic E-state index is 14.5. The molecule has 2 atom stereocenters. The Morgan fingerprint density at radius 3 is 2.38 bits per heavy atom. The molecule has 5 aromatic rings. The van der Waals surface area contributed by atoms with E-state index < -0.39 is 53.8 Å². The third-order valence-corrected chi connectivity index (χ3v) is 8.46. The van der Waals surface area contributed by atoms with Crippen LogP contribution in [0.5, 0.6) is 5.75 Å². The summed E-state index contributed by atoms with van der Waals surface area (Å²) in [5, 5.41) is 21.4. The molecule has 1 aromatic heterocycles. The van der Waals surface area contributed by atoms with Crippen molar-refractivity contribution >= 4 is 28.4 Å². The van der Waals surface area contributed by atoms with Crippen molar-refractivity contribution < 1.29 is 37.0 Å². The van der Waals surface area contributed by atoms with Crippen molar-refractivity contribution in [2.45, 2.75) is 50.4 Å². The minimum Gasteiger partial charge on any atom is -0.496 e. The highest BCUT2D eigenvalue weighted by molar-refractivity contribution is 5.97. The minimum absolute atomic E-state index is 0.0798. The highest BCUT2D eigenvalue weighted by Gasteiger charge is 2.56. The van der Waals surface area contributed by atoms with Crippen molar-refractivity contribution in [3.63, 3.8) is 0 Å². The summed E-state index contributed by atoms with van der Waals surface area (Å²) in [6.45, 7) is 3.80. The van der Waals surface area contributed by atoms with Crippen LogP contribution in [0, 0.1) is 24.9 Å². The van der Waals surface area contributed by atoms with Gasteiger partial charge in [0.15, 0.2) is 5.60 Å². The fourth-order valence-corrected chi connectivity index (χ4v) is 5.95. The lowest BCUT2D eigenvalue weighted by Crippen LogP contribution is -2.53. The quantitative estimate of drug-likeness (QED) is 0.117. The third-order valence-electron chi connectivity index (χ3n) is 8.46. The van der Waals surface area contributed by atoms with E-state index in [1.165, 1.54) is 44.0 Å². The van der Waals surface area contributed by atoms with E-state index in [0.717, 1.165) is 12.1 Å². The molecule has 0 radical (unpaired) electrons. The van der Waals surface area contributed by atoms with Gasteiger partial charge in [-0.25, -0.2) is 9.07 Å². The standard InChI is InChI=1S/C37H35F4N5O4/c1-22-16-29(43-21-36(49,37(39,40)41)20-35(2,3)28-18-25(38)12-15-31(28)50-4)27-19-44-46(30(27)17-22)26-13-10-24(11-14-26)34(48)45-32(33(42)47)23-8-6-5-7-9-23/h5-10,12-13,15-19,32,43,49H,20-21H2,1-4H3,(H2,42,47)(H,45,48)/t32-,36?/m0/s1. The Kier molecular flexibility index (Phi) is 9.79. The molecule has 260 valence electrons. The first kappa shape index (κ1) is 35.7. The van der Waals surface area contributed by atoms with E-state index in [1.54, 1.807) is 55.5 Å². The Labute approximate surface area is 286 Å². The van der Waals surface area contributed by atoms with Gasteiger partial charge >= 0.3 is 6.18 Å². The van der Waals surface area contributed by atoms with Gasteiger partial charge in [-0.1, -0.05) is 50.2 Å². The average Bonchev–Trinajstić information content (AvgIpc) is 3.49. The number of hydrogen-bond acceptors (Lipinski definition) is 6. The number of aliphatic hydroxyl groups is 1. The number of rotatable bonds is 12.